The summed E-state index contributed by atoms with van der Waals surface area (Å²) < 4.78 is 20.4. The van der Waals surface area contributed by atoms with Crippen molar-refractivity contribution >= 4 is 12.3 Å². The summed E-state index contributed by atoms with van der Waals surface area (Å²) in [4.78, 5) is 66.2. The van der Waals surface area contributed by atoms with Crippen molar-refractivity contribution in [3.8, 4) is 17.2 Å². The third kappa shape index (κ3) is 8.09. The smallest absolute Gasteiger partial charge is 0.251 e. The first-order chi connectivity index (χ1) is 25.1. The van der Waals surface area contributed by atoms with Crippen LogP contribution in [0.5, 0.6) is 17.2 Å². The van der Waals surface area contributed by atoms with Gasteiger partial charge in [0.2, 0.25) is 22.7 Å². The molecule has 0 saturated carbocycles. The first-order valence-corrected chi connectivity index (χ1v) is 16.3. The fourth-order valence-corrected chi connectivity index (χ4v) is 6.46. The van der Waals surface area contributed by atoms with Crippen LogP contribution >= 0.6 is 0 Å². The van der Waals surface area contributed by atoms with E-state index in [-0.39, 0.29) is 62.1 Å². The van der Waals surface area contributed by atoms with Gasteiger partial charge >= 0.3 is 0 Å². The number of nitrogens with one attached hydrogen (secondary N) is 2. The van der Waals surface area contributed by atoms with Crippen molar-refractivity contribution in [2.75, 3.05) is 54.2 Å². The summed E-state index contributed by atoms with van der Waals surface area (Å²) >= 11 is 0. The third-order valence-corrected chi connectivity index (χ3v) is 8.84. The van der Waals surface area contributed by atoms with Crippen molar-refractivity contribution in [1.82, 2.24) is 24.3 Å². The third-order valence-electron chi connectivity index (χ3n) is 8.84. The van der Waals surface area contributed by atoms with E-state index in [0.717, 1.165) is 18.2 Å². The van der Waals surface area contributed by atoms with Crippen LogP contribution < -0.4 is 26.9 Å². The fourth-order valence-electron chi connectivity index (χ4n) is 6.46. The van der Waals surface area contributed by atoms with Gasteiger partial charge in [-0.2, -0.15) is 0 Å². The van der Waals surface area contributed by atoms with E-state index in [4.69, 9.17) is 14.2 Å². The topological polar surface area (TPSA) is 213 Å². The average molecular weight is 722 g/mol. The first-order valence-electron chi connectivity index (χ1n) is 16.3. The number of pyridine rings is 3. The number of carbonyl (C=O) groups is 2. The van der Waals surface area contributed by atoms with E-state index >= 15 is 0 Å². The first kappa shape index (κ1) is 39.1. The highest BCUT2D eigenvalue weighted by atomic mass is 16.5. The van der Waals surface area contributed by atoms with Crippen LogP contribution in [0, 0.1) is 0 Å². The molecule has 16 heteroatoms. The molecule has 1 atom stereocenters. The zero-order chi connectivity index (χ0) is 37.8. The minimum atomic E-state index is -2.17. The lowest BCUT2D eigenvalue weighted by atomic mass is 9.66. The van der Waals surface area contributed by atoms with Crippen LogP contribution in [0.2, 0.25) is 0 Å². The average Bonchev–Trinajstić information content (AvgIpc) is 3.15. The zero-order valence-corrected chi connectivity index (χ0v) is 29.1. The fraction of sp³-hybridized carbons (Fsp3) is 0.361. The van der Waals surface area contributed by atoms with Gasteiger partial charge in [0.15, 0.2) is 17.2 Å². The lowest BCUT2D eigenvalue weighted by Crippen LogP contribution is -2.53. The highest BCUT2D eigenvalue weighted by Crippen LogP contribution is 2.50. The van der Waals surface area contributed by atoms with Gasteiger partial charge < -0.3 is 53.9 Å². The van der Waals surface area contributed by atoms with Crippen molar-refractivity contribution in [2.45, 2.75) is 31.0 Å². The second-order valence-corrected chi connectivity index (χ2v) is 11.8. The van der Waals surface area contributed by atoms with Gasteiger partial charge in [-0.1, -0.05) is 18.2 Å². The molecule has 1 unspecified atom stereocenters. The zero-order valence-electron chi connectivity index (χ0n) is 29.1. The van der Waals surface area contributed by atoms with Crippen molar-refractivity contribution in [1.29, 1.82) is 0 Å². The highest BCUT2D eigenvalue weighted by molar-refractivity contribution is 5.94. The Labute approximate surface area is 298 Å². The Morgan fingerprint density at radius 3 is 1.67 bits per heavy atom. The van der Waals surface area contributed by atoms with Crippen LogP contribution in [-0.2, 0) is 44.1 Å². The molecule has 4 rings (SSSR count). The number of amides is 2. The Hall–Kier alpha value is -5.71. The van der Waals surface area contributed by atoms with Crippen LogP contribution in [0.3, 0.4) is 0 Å². The summed E-state index contributed by atoms with van der Waals surface area (Å²) in [5.74, 6) is -4.50. The van der Waals surface area contributed by atoms with Crippen LogP contribution in [0.15, 0.2) is 81.5 Å². The molecule has 0 saturated heterocycles. The summed E-state index contributed by atoms with van der Waals surface area (Å²) in [6.45, 7) is -0.800. The normalized spacial score (nSPS) is 12.0. The van der Waals surface area contributed by atoms with Crippen molar-refractivity contribution in [2.24, 2.45) is 0 Å². The van der Waals surface area contributed by atoms with Crippen LogP contribution in [0.25, 0.3) is 0 Å². The SMILES string of the molecule is COCCn1ccc(=O)c(O)c1C(CNC=O)C(CNC(=O)c1ccccc1)(c1c(O)c(=O)ccn1CCOC)c1c(O)c(=O)ccn1CCOC. The van der Waals surface area contributed by atoms with Crippen LogP contribution in [0.4, 0.5) is 0 Å². The lowest BCUT2D eigenvalue weighted by molar-refractivity contribution is -0.109. The molecule has 0 fully saturated rings. The molecule has 0 aliphatic heterocycles. The van der Waals surface area contributed by atoms with Gasteiger partial charge in [-0.3, -0.25) is 24.0 Å². The van der Waals surface area contributed by atoms with E-state index < -0.39 is 63.9 Å². The summed E-state index contributed by atoms with van der Waals surface area (Å²) in [5, 5.41) is 40.9. The van der Waals surface area contributed by atoms with Gasteiger partial charge in [0.1, 0.15) is 0 Å². The molecule has 52 heavy (non-hydrogen) atoms. The summed E-state index contributed by atoms with van der Waals surface area (Å²) in [6.07, 6.45) is 4.50. The lowest BCUT2D eigenvalue weighted by Gasteiger charge is -2.45. The minimum absolute atomic E-state index is 0.00493. The molecular formula is C36H43N5O11. The predicted octanol–water partition coefficient (Wildman–Crippen LogP) is 0.474. The number of hydrogen-bond donors (Lipinski definition) is 5. The Morgan fingerprint density at radius 2 is 1.19 bits per heavy atom. The number of ether oxygens (including phenoxy) is 3. The number of methoxy groups -OCH3 is 3. The van der Waals surface area contributed by atoms with E-state index in [1.54, 1.807) is 30.3 Å². The number of aromatic hydroxyl groups is 3. The molecule has 1 aromatic carbocycles. The van der Waals surface area contributed by atoms with Gasteiger partial charge in [-0.05, 0) is 12.1 Å². The molecule has 0 aliphatic rings. The molecule has 0 spiro atoms. The molecule has 16 nitrogen and oxygen atoms in total. The van der Waals surface area contributed by atoms with Crippen LogP contribution in [0.1, 0.15) is 33.4 Å². The van der Waals surface area contributed by atoms with Crippen molar-refractivity contribution < 1.29 is 39.1 Å². The van der Waals surface area contributed by atoms with Crippen molar-refractivity contribution in [3.63, 3.8) is 0 Å². The van der Waals surface area contributed by atoms with E-state index in [2.05, 4.69) is 10.6 Å². The number of aromatic nitrogens is 3. The Kier molecular flexibility index (Phi) is 13.5. The number of rotatable bonds is 19. The molecular weight excluding hydrogens is 678 g/mol. The van der Waals surface area contributed by atoms with E-state index in [0.29, 0.717) is 6.41 Å². The monoisotopic (exact) mass is 721 g/mol. The molecule has 4 aromatic rings. The Bertz CT molecular complexity index is 1950. The Balaban J connectivity index is 2.32. The van der Waals surface area contributed by atoms with Gasteiger partial charge in [-0.25, -0.2) is 0 Å². The highest BCUT2D eigenvalue weighted by Gasteiger charge is 2.52. The molecule has 2 amide bonds. The summed E-state index contributed by atoms with van der Waals surface area (Å²) in [5.41, 5.74) is -5.08. The molecule has 0 radical (unpaired) electrons. The quantitative estimate of drug-likeness (QED) is 0.0840. The molecule has 0 aliphatic carbocycles. The summed E-state index contributed by atoms with van der Waals surface area (Å²) in [7, 11) is 4.33. The second kappa shape index (κ2) is 18.0. The van der Waals surface area contributed by atoms with Gasteiger partial charge in [-0.15, -0.1) is 0 Å². The van der Waals surface area contributed by atoms with Gasteiger partial charge in [0.05, 0.1) is 42.3 Å². The van der Waals surface area contributed by atoms with E-state index in [1.165, 1.54) is 53.6 Å². The number of carbonyl (C=O) groups excluding carboxylic acids is 2. The molecule has 278 valence electrons. The minimum Gasteiger partial charge on any atom is -0.503 e. The van der Waals surface area contributed by atoms with Crippen molar-refractivity contribution in [3.05, 3.63) is 120 Å². The molecule has 5 N–H and O–H groups in total. The Morgan fingerprint density at radius 1 is 0.731 bits per heavy atom. The second-order valence-electron chi connectivity index (χ2n) is 11.8. The standard InChI is InChI=1S/C36H43N5O11/c1-50-18-15-39-12-9-26(43)30(46)29(39)25(21-37-23-42)36(22-38-35(49)24-7-5-4-6-8-24,33-31(47)27(44)10-13-40(33)16-19-51-2)34-32(48)28(45)11-14-41(34)17-20-52-3/h4-14,23,25,46-48H,15-22H2,1-3H3,(H,37,42)(H,38,49). The van der Waals surface area contributed by atoms with E-state index in [1.807, 2.05) is 0 Å². The van der Waals surface area contributed by atoms with Gasteiger partial charge in [0.25, 0.3) is 5.91 Å². The van der Waals surface area contributed by atoms with E-state index in [9.17, 15) is 39.3 Å². The molecule has 3 aromatic heterocycles. The maximum atomic E-state index is 13.9. The largest absolute Gasteiger partial charge is 0.503 e. The maximum Gasteiger partial charge on any atom is 0.251 e. The summed E-state index contributed by atoms with van der Waals surface area (Å²) in [6, 6.07) is 11.5. The predicted molar refractivity (Wildman–Crippen MR) is 189 cm³/mol. The number of benzene rings is 1. The molecule has 0 bridgehead atoms. The van der Waals surface area contributed by atoms with Gasteiger partial charge in [0, 0.05) is 102 Å². The molecule has 3 heterocycles. The maximum absolute atomic E-state index is 13.9. The van der Waals surface area contributed by atoms with Crippen LogP contribution in [-0.4, -0.2) is 95.6 Å². The number of nitrogens with zero attached hydrogens (tertiary/aromatic N) is 3. The number of hydrogen-bond acceptors (Lipinski definition) is 11.